The summed E-state index contributed by atoms with van der Waals surface area (Å²) in [7, 11) is -1.78. The van der Waals surface area contributed by atoms with Gasteiger partial charge in [0.05, 0.1) is 16.8 Å². The van der Waals surface area contributed by atoms with Crippen LogP contribution in [0.1, 0.15) is 17.5 Å². The van der Waals surface area contributed by atoms with Gasteiger partial charge in [-0.15, -0.1) is 0 Å². The zero-order chi connectivity index (χ0) is 20.9. The first kappa shape index (κ1) is 20.7. The van der Waals surface area contributed by atoms with E-state index in [0.29, 0.717) is 6.54 Å². The van der Waals surface area contributed by atoms with E-state index in [1.165, 1.54) is 6.07 Å². The highest BCUT2D eigenvalue weighted by molar-refractivity contribution is 7.89. The minimum absolute atomic E-state index is 0.0281. The molecule has 9 heteroatoms. The second kappa shape index (κ2) is 8.97. The molecular formula is C20H23N5O3S. The summed E-state index contributed by atoms with van der Waals surface area (Å²) >= 11 is 0. The molecule has 0 saturated heterocycles. The van der Waals surface area contributed by atoms with Gasteiger partial charge in [-0.3, -0.25) is 14.5 Å². The van der Waals surface area contributed by atoms with Gasteiger partial charge in [0.1, 0.15) is 0 Å². The smallest absolute Gasteiger partial charge is 0.240 e. The number of carbonyl (C=O) groups is 1. The third-order valence-electron chi connectivity index (χ3n) is 4.26. The van der Waals surface area contributed by atoms with Crippen molar-refractivity contribution in [1.29, 1.82) is 0 Å². The van der Waals surface area contributed by atoms with Crippen molar-refractivity contribution in [2.75, 3.05) is 6.54 Å². The van der Waals surface area contributed by atoms with Crippen LogP contribution in [0.15, 0.2) is 59.9 Å². The topological polar surface area (TPSA) is 106 Å². The molecule has 0 unspecified atom stereocenters. The van der Waals surface area contributed by atoms with E-state index < -0.39 is 10.0 Å². The van der Waals surface area contributed by atoms with Gasteiger partial charge in [0.2, 0.25) is 15.9 Å². The second-order valence-electron chi connectivity index (χ2n) is 6.70. The van der Waals surface area contributed by atoms with Crippen LogP contribution in [0.2, 0.25) is 0 Å². The van der Waals surface area contributed by atoms with Gasteiger partial charge in [-0.05, 0) is 36.2 Å². The number of rotatable bonds is 8. The summed E-state index contributed by atoms with van der Waals surface area (Å²) in [5.74, 6) is -0.242. The van der Waals surface area contributed by atoms with Crippen molar-refractivity contribution in [3.8, 4) is 11.3 Å². The molecule has 2 heterocycles. The van der Waals surface area contributed by atoms with E-state index in [0.717, 1.165) is 22.4 Å². The van der Waals surface area contributed by atoms with Crippen LogP contribution in [0, 0.1) is 6.92 Å². The largest absolute Gasteiger partial charge is 0.352 e. The Morgan fingerprint density at radius 3 is 2.66 bits per heavy atom. The summed E-state index contributed by atoms with van der Waals surface area (Å²) in [6, 6.07) is 10.4. The number of aryl methyl sites for hydroxylation is 2. The van der Waals surface area contributed by atoms with Crippen molar-refractivity contribution in [3.63, 3.8) is 0 Å². The molecule has 0 radical (unpaired) electrons. The van der Waals surface area contributed by atoms with Crippen LogP contribution in [-0.4, -0.2) is 35.6 Å². The summed E-state index contributed by atoms with van der Waals surface area (Å²) in [5.41, 5.74) is 3.43. The number of hydrogen-bond acceptors (Lipinski definition) is 5. The van der Waals surface area contributed by atoms with Crippen LogP contribution < -0.4 is 10.0 Å². The molecule has 8 nitrogen and oxygen atoms in total. The number of amides is 1. The number of pyridine rings is 1. The first-order chi connectivity index (χ1) is 13.8. The average Bonchev–Trinajstić information content (AvgIpc) is 3.13. The average molecular weight is 414 g/mol. The van der Waals surface area contributed by atoms with Crippen LogP contribution in [0.5, 0.6) is 0 Å². The van der Waals surface area contributed by atoms with Crippen molar-refractivity contribution >= 4 is 15.9 Å². The zero-order valence-electron chi connectivity index (χ0n) is 16.3. The Morgan fingerprint density at radius 2 is 2.00 bits per heavy atom. The molecule has 0 aliphatic heterocycles. The van der Waals surface area contributed by atoms with Gasteiger partial charge < -0.3 is 5.32 Å². The fourth-order valence-electron chi connectivity index (χ4n) is 2.71. The van der Waals surface area contributed by atoms with Crippen LogP contribution in [0.3, 0.4) is 0 Å². The fourth-order valence-corrected chi connectivity index (χ4v) is 3.84. The summed E-state index contributed by atoms with van der Waals surface area (Å²) < 4.78 is 28.6. The standard InChI is InChI=1S/C20H23N5O3S/c1-15-4-3-5-18(10-15)29(27,28)24-9-8-20(26)22-12-16-6-7-19(21-11-16)17-13-23-25(2)14-17/h3-7,10-11,13-14,24H,8-9,12H2,1-2H3,(H,22,26). The highest BCUT2D eigenvalue weighted by Gasteiger charge is 2.14. The maximum atomic E-state index is 12.2. The van der Waals surface area contributed by atoms with Crippen molar-refractivity contribution in [2.45, 2.75) is 24.8 Å². The molecule has 0 atom stereocenters. The molecule has 0 saturated carbocycles. The minimum Gasteiger partial charge on any atom is -0.352 e. The molecule has 2 aromatic heterocycles. The molecule has 29 heavy (non-hydrogen) atoms. The molecule has 0 fully saturated rings. The van der Waals surface area contributed by atoms with E-state index in [1.54, 1.807) is 29.2 Å². The Hall–Kier alpha value is -3.04. The number of nitrogens with one attached hydrogen (secondary N) is 2. The number of carbonyl (C=O) groups excluding carboxylic acids is 1. The molecule has 152 valence electrons. The van der Waals surface area contributed by atoms with Crippen LogP contribution >= 0.6 is 0 Å². The summed E-state index contributed by atoms with van der Waals surface area (Å²) in [4.78, 5) is 16.6. The maximum Gasteiger partial charge on any atom is 0.240 e. The maximum absolute atomic E-state index is 12.2. The normalized spacial score (nSPS) is 11.4. The molecule has 0 aliphatic carbocycles. The van der Waals surface area contributed by atoms with Gasteiger partial charge in [-0.1, -0.05) is 18.2 Å². The highest BCUT2D eigenvalue weighted by Crippen LogP contribution is 2.15. The Labute approximate surface area is 170 Å². The number of benzene rings is 1. The Morgan fingerprint density at radius 1 is 1.17 bits per heavy atom. The number of aromatic nitrogens is 3. The van der Waals surface area contributed by atoms with E-state index in [1.807, 2.05) is 38.4 Å². The zero-order valence-corrected chi connectivity index (χ0v) is 17.1. The lowest BCUT2D eigenvalue weighted by Gasteiger charge is -2.08. The Kier molecular flexibility index (Phi) is 6.40. The number of nitrogens with zero attached hydrogens (tertiary/aromatic N) is 3. The molecule has 0 spiro atoms. The van der Waals surface area contributed by atoms with Gasteiger partial charge >= 0.3 is 0 Å². The summed E-state index contributed by atoms with van der Waals surface area (Å²) in [5, 5.41) is 6.88. The van der Waals surface area contributed by atoms with Gasteiger partial charge in [0, 0.05) is 44.5 Å². The van der Waals surface area contributed by atoms with E-state index in [-0.39, 0.29) is 23.8 Å². The molecule has 1 amide bonds. The fraction of sp³-hybridized carbons (Fsp3) is 0.250. The molecular weight excluding hydrogens is 390 g/mol. The van der Waals surface area contributed by atoms with E-state index in [4.69, 9.17) is 0 Å². The second-order valence-corrected chi connectivity index (χ2v) is 8.46. The molecule has 3 aromatic rings. The number of sulfonamides is 1. The lowest BCUT2D eigenvalue weighted by atomic mass is 10.2. The van der Waals surface area contributed by atoms with Crippen molar-refractivity contribution in [2.24, 2.45) is 7.05 Å². The third kappa shape index (κ3) is 5.72. The molecule has 2 N–H and O–H groups in total. The highest BCUT2D eigenvalue weighted by atomic mass is 32.2. The van der Waals surface area contributed by atoms with Crippen molar-refractivity contribution in [3.05, 3.63) is 66.1 Å². The van der Waals surface area contributed by atoms with Crippen LogP contribution in [-0.2, 0) is 28.4 Å². The molecule has 3 rings (SSSR count). The van der Waals surface area contributed by atoms with Crippen molar-refractivity contribution in [1.82, 2.24) is 24.8 Å². The Balaban J connectivity index is 1.45. The van der Waals surface area contributed by atoms with Crippen LogP contribution in [0.25, 0.3) is 11.3 Å². The monoisotopic (exact) mass is 413 g/mol. The molecule has 0 bridgehead atoms. The van der Waals surface area contributed by atoms with E-state index in [9.17, 15) is 13.2 Å². The van der Waals surface area contributed by atoms with Crippen LogP contribution in [0.4, 0.5) is 0 Å². The van der Waals surface area contributed by atoms with Gasteiger partial charge in [-0.2, -0.15) is 5.10 Å². The molecule has 0 aliphatic rings. The van der Waals surface area contributed by atoms with Gasteiger partial charge in [-0.25, -0.2) is 13.1 Å². The summed E-state index contributed by atoms with van der Waals surface area (Å²) in [6.07, 6.45) is 5.36. The first-order valence-electron chi connectivity index (χ1n) is 9.10. The van der Waals surface area contributed by atoms with E-state index >= 15 is 0 Å². The molecule has 1 aromatic carbocycles. The number of hydrogen-bond donors (Lipinski definition) is 2. The minimum atomic E-state index is -3.62. The Bertz CT molecular complexity index is 1090. The van der Waals surface area contributed by atoms with Gasteiger partial charge in [0.15, 0.2) is 0 Å². The lowest BCUT2D eigenvalue weighted by molar-refractivity contribution is -0.121. The SMILES string of the molecule is Cc1cccc(S(=O)(=O)NCCC(=O)NCc2ccc(-c3cnn(C)c3)nc2)c1. The summed E-state index contributed by atoms with van der Waals surface area (Å²) in [6.45, 7) is 2.18. The van der Waals surface area contributed by atoms with Crippen molar-refractivity contribution < 1.29 is 13.2 Å². The first-order valence-corrected chi connectivity index (χ1v) is 10.6. The third-order valence-corrected chi connectivity index (χ3v) is 5.72. The quantitative estimate of drug-likeness (QED) is 0.585. The van der Waals surface area contributed by atoms with Gasteiger partial charge in [0.25, 0.3) is 0 Å². The lowest BCUT2D eigenvalue weighted by Crippen LogP contribution is -2.30. The predicted octanol–water partition coefficient (Wildman–Crippen LogP) is 1.78. The van der Waals surface area contributed by atoms with E-state index in [2.05, 4.69) is 20.1 Å². The predicted molar refractivity (Wildman–Crippen MR) is 109 cm³/mol.